The van der Waals surface area contributed by atoms with Crippen molar-refractivity contribution in [2.24, 2.45) is 0 Å². The molecule has 0 spiro atoms. The zero-order chi connectivity index (χ0) is 15.7. The van der Waals surface area contributed by atoms with E-state index in [9.17, 15) is 13.2 Å². The smallest absolute Gasteiger partial charge is 0.194 e. The SMILES string of the molecule is Cc1nn(C(C)C)c(C)c1NCc1cc(F)c(F)c(F)c1. The van der Waals surface area contributed by atoms with E-state index in [-0.39, 0.29) is 12.6 Å². The number of rotatable bonds is 4. The highest BCUT2D eigenvalue weighted by Gasteiger charge is 2.14. The zero-order valence-electron chi connectivity index (χ0n) is 12.5. The van der Waals surface area contributed by atoms with Gasteiger partial charge in [-0.2, -0.15) is 5.10 Å². The number of hydrogen-bond acceptors (Lipinski definition) is 2. The van der Waals surface area contributed by atoms with Crippen LogP contribution in [0.1, 0.15) is 36.8 Å². The molecule has 0 bridgehead atoms. The van der Waals surface area contributed by atoms with E-state index in [1.165, 1.54) is 0 Å². The van der Waals surface area contributed by atoms with Gasteiger partial charge in [0.25, 0.3) is 0 Å². The highest BCUT2D eigenvalue weighted by Crippen LogP contribution is 2.23. The lowest BCUT2D eigenvalue weighted by Gasteiger charge is -2.10. The molecule has 0 unspecified atom stereocenters. The number of nitrogens with one attached hydrogen (secondary N) is 1. The summed E-state index contributed by atoms with van der Waals surface area (Å²) in [6, 6.07) is 2.20. The Labute approximate surface area is 121 Å². The Balaban J connectivity index is 2.21. The van der Waals surface area contributed by atoms with Crippen LogP contribution in [0, 0.1) is 31.3 Å². The van der Waals surface area contributed by atoms with Gasteiger partial charge in [-0.1, -0.05) is 0 Å². The number of halogens is 3. The first-order chi connectivity index (χ1) is 9.81. The van der Waals surface area contributed by atoms with E-state index in [4.69, 9.17) is 0 Å². The highest BCUT2D eigenvalue weighted by atomic mass is 19.2. The molecule has 114 valence electrons. The molecule has 0 radical (unpaired) electrons. The molecule has 1 aromatic carbocycles. The fourth-order valence-electron chi connectivity index (χ4n) is 2.32. The van der Waals surface area contributed by atoms with Crippen molar-refractivity contribution in [2.75, 3.05) is 5.32 Å². The molecule has 0 amide bonds. The van der Waals surface area contributed by atoms with Gasteiger partial charge in [-0.25, -0.2) is 13.2 Å². The monoisotopic (exact) mass is 297 g/mol. The average Bonchev–Trinajstić information content (AvgIpc) is 2.69. The quantitative estimate of drug-likeness (QED) is 0.861. The molecule has 0 fully saturated rings. The lowest BCUT2D eigenvalue weighted by molar-refractivity contribution is 0.445. The third-order valence-electron chi connectivity index (χ3n) is 3.33. The fourth-order valence-corrected chi connectivity index (χ4v) is 2.32. The van der Waals surface area contributed by atoms with E-state index < -0.39 is 17.5 Å². The molecule has 21 heavy (non-hydrogen) atoms. The van der Waals surface area contributed by atoms with Crippen LogP contribution in [0.25, 0.3) is 0 Å². The van der Waals surface area contributed by atoms with E-state index in [2.05, 4.69) is 10.4 Å². The molecule has 0 saturated carbocycles. The van der Waals surface area contributed by atoms with Crippen LogP contribution in [0.5, 0.6) is 0 Å². The maximum atomic E-state index is 13.2. The molecule has 0 atom stereocenters. The normalized spacial score (nSPS) is 11.2. The molecule has 0 aliphatic heterocycles. The Kier molecular flexibility index (Phi) is 4.25. The summed E-state index contributed by atoms with van der Waals surface area (Å²) in [5, 5.41) is 7.52. The van der Waals surface area contributed by atoms with Gasteiger partial charge in [0, 0.05) is 12.6 Å². The molecule has 1 heterocycles. The lowest BCUT2D eigenvalue weighted by Crippen LogP contribution is -2.06. The summed E-state index contributed by atoms with van der Waals surface area (Å²) in [5.41, 5.74) is 2.92. The van der Waals surface area contributed by atoms with Crippen LogP contribution >= 0.6 is 0 Å². The largest absolute Gasteiger partial charge is 0.378 e. The second-order valence-electron chi connectivity index (χ2n) is 5.31. The molecule has 2 rings (SSSR count). The summed E-state index contributed by atoms with van der Waals surface area (Å²) >= 11 is 0. The van der Waals surface area contributed by atoms with E-state index in [0.29, 0.717) is 5.56 Å². The molecule has 0 aliphatic carbocycles. The second kappa shape index (κ2) is 5.79. The van der Waals surface area contributed by atoms with Gasteiger partial charge in [0.05, 0.1) is 17.1 Å². The van der Waals surface area contributed by atoms with Crippen molar-refractivity contribution in [2.45, 2.75) is 40.3 Å². The molecule has 0 saturated heterocycles. The molecule has 3 nitrogen and oxygen atoms in total. The number of aryl methyl sites for hydroxylation is 1. The fraction of sp³-hybridized carbons (Fsp3) is 0.400. The van der Waals surface area contributed by atoms with Crippen molar-refractivity contribution >= 4 is 5.69 Å². The summed E-state index contributed by atoms with van der Waals surface area (Å²) in [7, 11) is 0. The van der Waals surface area contributed by atoms with E-state index >= 15 is 0 Å². The predicted molar refractivity (Wildman–Crippen MR) is 75.7 cm³/mol. The van der Waals surface area contributed by atoms with Crippen molar-refractivity contribution in [3.63, 3.8) is 0 Å². The van der Waals surface area contributed by atoms with Crippen molar-refractivity contribution in [1.29, 1.82) is 0 Å². The molecule has 1 N–H and O–H groups in total. The third-order valence-corrected chi connectivity index (χ3v) is 3.33. The van der Waals surface area contributed by atoms with Gasteiger partial charge in [-0.3, -0.25) is 4.68 Å². The van der Waals surface area contributed by atoms with Crippen LogP contribution < -0.4 is 5.32 Å². The lowest BCUT2D eigenvalue weighted by atomic mass is 10.2. The minimum absolute atomic E-state index is 0.194. The Morgan fingerprint density at radius 3 is 2.19 bits per heavy atom. The minimum atomic E-state index is -1.45. The number of anilines is 1. The topological polar surface area (TPSA) is 29.9 Å². The van der Waals surface area contributed by atoms with E-state index in [0.717, 1.165) is 29.2 Å². The number of benzene rings is 1. The van der Waals surface area contributed by atoms with Gasteiger partial charge in [0.2, 0.25) is 0 Å². The van der Waals surface area contributed by atoms with Crippen LogP contribution in [0.3, 0.4) is 0 Å². The van der Waals surface area contributed by atoms with Crippen LogP contribution in [-0.4, -0.2) is 9.78 Å². The van der Waals surface area contributed by atoms with Crippen molar-refractivity contribution in [3.8, 4) is 0 Å². The molecule has 6 heteroatoms. The minimum Gasteiger partial charge on any atom is -0.378 e. The van der Waals surface area contributed by atoms with Crippen LogP contribution in [0.15, 0.2) is 12.1 Å². The Hall–Kier alpha value is -1.98. The standard InChI is InChI=1S/C15H18F3N3/c1-8(2)21-10(4)15(9(3)20-21)19-7-11-5-12(16)14(18)13(17)6-11/h5-6,8,19H,7H2,1-4H3. The van der Waals surface area contributed by atoms with Gasteiger partial charge in [0.15, 0.2) is 17.5 Å². The Morgan fingerprint density at radius 1 is 1.14 bits per heavy atom. The molecule has 2 aromatic rings. The van der Waals surface area contributed by atoms with Crippen molar-refractivity contribution in [1.82, 2.24) is 9.78 Å². The van der Waals surface area contributed by atoms with Crippen LogP contribution in [-0.2, 0) is 6.54 Å². The van der Waals surface area contributed by atoms with Gasteiger partial charge in [0.1, 0.15) is 0 Å². The molecule has 1 aromatic heterocycles. The predicted octanol–water partition coefficient (Wildman–Crippen LogP) is 4.11. The Bertz CT molecular complexity index is 639. The second-order valence-corrected chi connectivity index (χ2v) is 5.31. The van der Waals surface area contributed by atoms with Gasteiger partial charge >= 0.3 is 0 Å². The maximum Gasteiger partial charge on any atom is 0.194 e. The molecular weight excluding hydrogens is 279 g/mol. The molecule has 0 aliphatic rings. The Morgan fingerprint density at radius 2 is 1.71 bits per heavy atom. The number of aromatic nitrogens is 2. The average molecular weight is 297 g/mol. The van der Waals surface area contributed by atoms with Gasteiger partial charge in [-0.05, 0) is 45.4 Å². The summed E-state index contributed by atoms with van der Waals surface area (Å²) in [6.07, 6.45) is 0. The highest BCUT2D eigenvalue weighted by molar-refractivity contribution is 5.52. The summed E-state index contributed by atoms with van der Waals surface area (Å²) in [6.45, 7) is 8.02. The first-order valence-corrected chi connectivity index (χ1v) is 6.74. The number of hydrogen-bond donors (Lipinski definition) is 1. The summed E-state index contributed by atoms with van der Waals surface area (Å²) < 4.78 is 41.1. The summed E-state index contributed by atoms with van der Waals surface area (Å²) in [5.74, 6) is -3.81. The number of nitrogens with zero attached hydrogens (tertiary/aromatic N) is 2. The first-order valence-electron chi connectivity index (χ1n) is 6.74. The van der Waals surface area contributed by atoms with Crippen LogP contribution in [0.4, 0.5) is 18.9 Å². The van der Waals surface area contributed by atoms with Gasteiger partial charge in [-0.15, -0.1) is 0 Å². The summed E-state index contributed by atoms with van der Waals surface area (Å²) in [4.78, 5) is 0. The van der Waals surface area contributed by atoms with E-state index in [1.54, 1.807) is 0 Å². The maximum absolute atomic E-state index is 13.2. The van der Waals surface area contributed by atoms with E-state index in [1.807, 2.05) is 32.4 Å². The first kappa shape index (κ1) is 15.4. The third kappa shape index (κ3) is 3.04. The van der Waals surface area contributed by atoms with Crippen LogP contribution in [0.2, 0.25) is 0 Å². The molecular formula is C15H18F3N3. The van der Waals surface area contributed by atoms with Crippen molar-refractivity contribution < 1.29 is 13.2 Å². The van der Waals surface area contributed by atoms with Crippen molar-refractivity contribution in [3.05, 3.63) is 46.5 Å². The van der Waals surface area contributed by atoms with Gasteiger partial charge < -0.3 is 5.32 Å². The zero-order valence-corrected chi connectivity index (χ0v) is 12.5.